The van der Waals surface area contributed by atoms with Gasteiger partial charge in [0.1, 0.15) is 0 Å². The summed E-state index contributed by atoms with van der Waals surface area (Å²) in [4.78, 5) is 8.44. The van der Waals surface area contributed by atoms with Crippen LogP contribution in [0.15, 0.2) is 33.8 Å². The van der Waals surface area contributed by atoms with Crippen LogP contribution in [0.1, 0.15) is 29.3 Å². The van der Waals surface area contributed by atoms with Gasteiger partial charge in [0.2, 0.25) is 5.89 Å². The summed E-state index contributed by atoms with van der Waals surface area (Å²) in [7, 11) is 1.77. The molecule has 6 nitrogen and oxygen atoms in total. The topological polar surface area (TPSA) is 75.3 Å². The molecule has 23 heavy (non-hydrogen) atoms. The first-order valence-corrected chi connectivity index (χ1v) is 7.58. The van der Waals surface area contributed by atoms with Gasteiger partial charge in [0, 0.05) is 13.1 Å². The quantitative estimate of drug-likeness (QED) is 0.447. The molecule has 0 amide bonds. The third-order valence-electron chi connectivity index (χ3n) is 3.89. The lowest BCUT2D eigenvalue weighted by atomic mass is 9.88. The van der Waals surface area contributed by atoms with Gasteiger partial charge in [0.25, 0.3) is 0 Å². The van der Waals surface area contributed by atoms with E-state index in [1.165, 1.54) is 11.1 Å². The molecule has 0 saturated carbocycles. The highest BCUT2D eigenvalue weighted by atomic mass is 127. The second kappa shape index (κ2) is 8.28. The number of rotatable bonds is 3. The van der Waals surface area contributed by atoms with Crippen LogP contribution < -0.4 is 10.6 Å². The molecule has 0 bridgehead atoms. The van der Waals surface area contributed by atoms with Crippen LogP contribution in [-0.2, 0) is 19.4 Å². The molecule has 0 radical (unpaired) electrons. The van der Waals surface area contributed by atoms with Crippen molar-refractivity contribution in [3.05, 3.63) is 47.1 Å². The van der Waals surface area contributed by atoms with Gasteiger partial charge in [-0.3, -0.25) is 4.99 Å². The molecule has 1 aromatic heterocycles. The molecule has 0 fully saturated rings. The molecule has 1 aromatic carbocycles. The predicted octanol–water partition coefficient (Wildman–Crippen LogP) is 2.22. The largest absolute Gasteiger partial charge is 0.353 e. The van der Waals surface area contributed by atoms with Crippen LogP contribution in [0.2, 0.25) is 0 Å². The van der Waals surface area contributed by atoms with Crippen LogP contribution >= 0.6 is 24.0 Å². The van der Waals surface area contributed by atoms with Crippen molar-refractivity contribution in [2.24, 2.45) is 4.99 Å². The van der Waals surface area contributed by atoms with Gasteiger partial charge in [-0.15, -0.1) is 24.0 Å². The highest BCUT2D eigenvalue weighted by Crippen LogP contribution is 2.20. The Hall–Kier alpha value is -1.64. The first kappa shape index (κ1) is 17.7. The van der Waals surface area contributed by atoms with E-state index in [0.717, 1.165) is 25.2 Å². The van der Waals surface area contributed by atoms with Crippen LogP contribution in [0.3, 0.4) is 0 Å². The van der Waals surface area contributed by atoms with Crippen molar-refractivity contribution in [2.75, 3.05) is 7.05 Å². The molecule has 1 heterocycles. The van der Waals surface area contributed by atoms with Crippen molar-refractivity contribution in [3.63, 3.8) is 0 Å². The smallest absolute Gasteiger partial charge is 0.246 e. The minimum atomic E-state index is 0. The summed E-state index contributed by atoms with van der Waals surface area (Å²) in [5, 5.41) is 10.5. The monoisotopic (exact) mass is 427 g/mol. The van der Waals surface area contributed by atoms with E-state index >= 15 is 0 Å². The molecule has 1 aliphatic rings. The number of nitrogens with one attached hydrogen (secondary N) is 2. The summed E-state index contributed by atoms with van der Waals surface area (Å²) in [5.74, 6) is 1.97. The summed E-state index contributed by atoms with van der Waals surface area (Å²) in [6.45, 7) is 2.28. The minimum Gasteiger partial charge on any atom is -0.353 e. The zero-order valence-corrected chi connectivity index (χ0v) is 15.7. The number of guanidine groups is 1. The van der Waals surface area contributed by atoms with E-state index in [9.17, 15) is 0 Å². The molecule has 0 aliphatic heterocycles. The van der Waals surface area contributed by atoms with Crippen molar-refractivity contribution < 1.29 is 4.52 Å². The highest BCUT2D eigenvalue weighted by molar-refractivity contribution is 14.0. The van der Waals surface area contributed by atoms with Crippen LogP contribution in [0.5, 0.6) is 0 Å². The average Bonchev–Trinajstić information content (AvgIpc) is 2.96. The van der Waals surface area contributed by atoms with E-state index in [2.05, 4.69) is 50.0 Å². The Bertz CT molecular complexity index is 670. The number of hydrogen-bond acceptors (Lipinski definition) is 4. The van der Waals surface area contributed by atoms with Crippen LogP contribution in [0.4, 0.5) is 0 Å². The predicted molar refractivity (Wildman–Crippen MR) is 100 cm³/mol. The summed E-state index contributed by atoms with van der Waals surface area (Å²) in [5.41, 5.74) is 2.89. The second-order valence-corrected chi connectivity index (χ2v) is 5.51. The van der Waals surface area contributed by atoms with Gasteiger partial charge in [-0.05, 0) is 37.3 Å². The summed E-state index contributed by atoms with van der Waals surface area (Å²) in [6, 6.07) is 9.04. The first-order chi connectivity index (χ1) is 10.7. The molecule has 3 rings (SSSR count). The van der Waals surface area contributed by atoms with Crippen molar-refractivity contribution in [3.8, 4) is 0 Å². The number of benzene rings is 1. The number of hydrogen-bond donors (Lipinski definition) is 2. The van der Waals surface area contributed by atoms with Gasteiger partial charge < -0.3 is 15.2 Å². The van der Waals surface area contributed by atoms with Crippen LogP contribution in [0, 0.1) is 6.92 Å². The summed E-state index contributed by atoms with van der Waals surface area (Å²) in [6.07, 6.45) is 3.24. The molecular formula is C16H22IN5O. The summed E-state index contributed by atoms with van der Waals surface area (Å²) < 4.78 is 5.09. The Morgan fingerprint density at radius 2 is 2.13 bits per heavy atom. The van der Waals surface area contributed by atoms with E-state index < -0.39 is 0 Å². The van der Waals surface area contributed by atoms with Crippen molar-refractivity contribution in [1.29, 1.82) is 0 Å². The van der Waals surface area contributed by atoms with Gasteiger partial charge in [-0.25, -0.2) is 0 Å². The fourth-order valence-corrected chi connectivity index (χ4v) is 2.78. The molecule has 0 spiro atoms. The number of fused-ring (bicyclic) bond motifs is 1. The lowest BCUT2D eigenvalue weighted by molar-refractivity contribution is 0.371. The maximum atomic E-state index is 5.09. The zero-order valence-electron chi connectivity index (χ0n) is 13.4. The van der Waals surface area contributed by atoms with Crippen molar-refractivity contribution in [1.82, 2.24) is 20.8 Å². The fourth-order valence-electron chi connectivity index (χ4n) is 2.78. The molecule has 7 heteroatoms. The Morgan fingerprint density at radius 3 is 2.83 bits per heavy atom. The number of aryl methyl sites for hydroxylation is 2. The molecule has 1 aliphatic carbocycles. The van der Waals surface area contributed by atoms with Crippen molar-refractivity contribution in [2.45, 2.75) is 38.8 Å². The van der Waals surface area contributed by atoms with Gasteiger partial charge in [0.05, 0.1) is 6.54 Å². The molecule has 124 valence electrons. The number of aromatic nitrogens is 2. The lowest BCUT2D eigenvalue weighted by Gasteiger charge is -2.26. The molecule has 1 atom stereocenters. The van der Waals surface area contributed by atoms with E-state index in [0.29, 0.717) is 24.3 Å². The SMILES string of the molecule is CN=C(NCc1nc(C)no1)NC1CCc2ccccc2C1.I. The number of aliphatic imine (C=N–C) groups is 1. The Balaban J connectivity index is 0.00000192. The fraction of sp³-hybridized carbons (Fsp3) is 0.438. The minimum absolute atomic E-state index is 0. The van der Waals surface area contributed by atoms with Gasteiger partial charge in [-0.2, -0.15) is 4.98 Å². The van der Waals surface area contributed by atoms with Gasteiger partial charge >= 0.3 is 0 Å². The third-order valence-corrected chi connectivity index (χ3v) is 3.89. The lowest BCUT2D eigenvalue weighted by Crippen LogP contribution is -2.45. The average molecular weight is 427 g/mol. The van der Waals surface area contributed by atoms with Crippen LogP contribution in [0.25, 0.3) is 0 Å². The molecule has 0 saturated heterocycles. The molecule has 1 unspecified atom stereocenters. The second-order valence-electron chi connectivity index (χ2n) is 5.51. The maximum absolute atomic E-state index is 5.09. The standard InChI is InChI=1S/C16H21N5O.HI/c1-11-19-15(22-21-11)10-18-16(17-2)20-14-8-7-12-5-3-4-6-13(12)9-14;/h3-6,14H,7-10H2,1-2H3,(H2,17,18,20);1H. The Labute approximate surface area is 153 Å². The normalized spacial score (nSPS) is 17.1. The van der Waals surface area contributed by atoms with E-state index in [1.54, 1.807) is 14.0 Å². The van der Waals surface area contributed by atoms with E-state index in [1.807, 2.05) is 0 Å². The molecular weight excluding hydrogens is 405 g/mol. The molecule has 2 aromatic rings. The maximum Gasteiger partial charge on any atom is 0.246 e. The van der Waals surface area contributed by atoms with E-state index in [4.69, 9.17) is 4.52 Å². The van der Waals surface area contributed by atoms with E-state index in [-0.39, 0.29) is 24.0 Å². The first-order valence-electron chi connectivity index (χ1n) is 7.58. The number of nitrogens with zero attached hydrogens (tertiary/aromatic N) is 3. The molecule has 2 N–H and O–H groups in total. The summed E-state index contributed by atoms with van der Waals surface area (Å²) >= 11 is 0. The van der Waals surface area contributed by atoms with Crippen LogP contribution in [-0.4, -0.2) is 29.2 Å². The number of halogens is 1. The Kier molecular flexibility index (Phi) is 6.37. The third kappa shape index (κ3) is 4.66. The van der Waals surface area contributed by atoms with Gasteiger partial charge in [-0.1, -0.05) is 29.4 Å². The highest BCUT2D eigenvalue weighted by Gasteiger charge is 2.19. The Morgan fingerprint density at radius 1 is 1.35 bits per heavy atom. The zero-order chi connectivity index (χ0) is 15.4. The van der Waals surface area contributed by atoms with Gasteiger partial charge in [0.15, 0.2) is 11.8 Å². The van der Waals surface area contributed by atoms with Crippen molar-refractivity contribution >= 4 is 29.9 Å².